The maximum Gasteiger partial charge on any atom is 0.118 e. The predicted molar refractivity (Wildman–Crippen MR) is 123 cm³/mol. The van der Waals surface area contributed by atoms with Crippen LogP contribution in [0.2, 0.25) is 0 Å². The summed E-state index contributed by atoms with van der Waals surface area (Å²) >= 11 is 0. The standard InChI is InChI=1S/C25H39N3O/c1-3-4-12-23-13-8-14-24(21-22-10-6-5-7-11-22)25(23)26-29-20-9-15-28-18-16-27(2)17-19-28/h5-7,10-11,21,23H,3-4,8-9,12-20H2,1-2H3/t23-/m0/s1. The second kappa shape index (κ2) is 12.1. The van der Waals surface area contributed by atoms with Crippen molar-refractivity contribution >= 4 is 11.8 Å². The lowest BCUT2D eigenvalue weighted by Crippen LogP contribution is -2.44. The van der Waals surface area contributed by atoms with Crippen LogP contribution in [0.25, 0.3) is 6.08 Å². The summed E-state index contributed by atoms with van der Waals surface area (Å²) in [5, 5.41) is 4.71. The highest BCUT2D eigenvalue weighted by atomic mass is 16.6. The van der Waals surface area contributed by atoms with Gasteiger partial charge in [-0.25, -0.2) is 0 Å². The first-order valence-electron chi connectivity index (χ1n) is 11.6. The molecule has 29 heavy (non-hydrogen) atoms. The fourth-order valence-corrected chi connectivity index (χ4v) is 4.37. The van der Waals surface area contributed by atoms with Crippen molar-refractivity contribution < 1.29 is 4.84 Å². The molecule has 0 aromatic heterocycles. The van der Waals surface area contributed by atoms with Gasteiger partial charge < -0.3 is 14.6 Å². The SMILES string of the molecule is CCCC[C@H]1CCCC(=Cc2ccccc2)C1=NOCCCN1CCN(C)CC1. The molecule has 1 aliphatic carbocycles. The average Bonchev–Trinajstić information content (AvgIpc) is 2.75. The number of unbranched alkanes of at least 4 members (excludes halogenated alkanes) is 1. The molecule has 0 radical (unpaired) electrons. The Labute approximate surface area is 177 Å². The van der Waals surface area contributed by atoms with Crippen LogP contribution in [0.1, 0.15) is 57.4 Å². The number of piperazine rings is 1. The lowest BCUT2D eigenvalue weighted by atomic mass is 9.80. The van der Waals surface area contributed by atoms with Gasteiger partial charge in [-0.3, -0.25) is 0 Å². The minimum atomic E-state index is 0.552. The fourth-order valence-electron chi connectivity index (χ4n) is 4.37. The fraction of sp³-hybridized carbons (Fsp3) is 0.640. The summed E-state index contributed by atoms with van der Waals surface area (Å²) in [6.07, 6.45) is 10.7. The van der Waals surface area contributed by atoms with Gasteiger partial charge in [0, 0.05) is 38.6 Å². The van der Waals surface area contributed by atoms with Gasteiger partial charge in [-0.05, 0) is 56.4 Å². The largest absolute Gasteiger partial charge is 0.396 e. The first-order valence-corrected chi connectivity index (χ1v) is 11.6. The Morgan fingerprint density at radius 2 is 1.90 bits per heavy atom. The van der Waals surface area contributed by atoms with E-state index in [0.29, 0.717) is 5.92 Å². The van der Waals surface area contributed by atoms with Crippen molar-refractivity contribution in [2.45, 2.75) is 51.9 Å². The molecular formula is C25H39N3O. The van der Waals surface area contributed by atoms with E-state index in [9.17, 15) is 0 Å². The van der Waals surface area contributed by atoms with Crippen LogP contribution < -0.4 is 0 Å². The van der Waals surface area contributed by atoms with Crippen molar-refractivity contribution in [2.75, 3.05) is 46.4 Å². The Morgan fingerprint density at radius 1 is 1.10 bits per heavy atom. The second-order valence-corrected chi connectivity index (χ2v) is 8.62. The van der Waals surface area contributed by atoms with E-state index < -0.39 is 0 Å². The minimum absolute atomic E-state index is 0.552. The van der Waals surface area contributed by atoms with Crippen LogP contribution in [-0.2, 0) is 4.84 Å². The Balaban J connectivity index is 1.57. The number of hydrogen-bond donors (Lipinski definition) is 0. The van der Waals surface area contributed by atoms with Crippen molar-refractivity contribution in [2.24, 2.45) is 11.1 Å². The second-order valence-electron chi connectivity index (χ2n) is 8.62. The molecule has 1 atom stereocenters. The van der Waals surface area contributed by atoms with Gasteiger partial charge in [-0.1, -0.05) is 55.3 Å². The zero-order valence-electron chi connectivity index (χ0n) is 18.5. The Kier molecular flexibility index (Phi) is 9.23. The highest BCUT2D eigenvalue weighted by molar-refractivity contribution is 6.05. The maximum absolute atomic E-state index is 5.87. The molecule has 4 heteroatoms. The molecule has 1 aliphatic heterocycles. The van der Waals surface area contributed by atoms with Gasteiger partial charge in [0.2, 0.25) is 0 Å². The molecule has 1 saturated carbocycles. The minimum Gasteiger partial charge on any atom is -0.396 e. The van der Waals surface area contributed by atoms with E-state index >= 15 is 0 Å². The van der Waals surface area contributed by atoms with Crippen LogP contribution in [0.15, 0.2) is 41.1 Å². The molecule has 1 aromatic rings. The van der Waals surface area contributed by atoms with E-state index in [1.54, 1.807) is 0 Å². The third-order valence-electron chi connectivity index (χ3n) is 6.23. The van der Waals surface area contributed by atoms with Gasteiger partial charge >= 0.3 is 0 Å². The lowest BCUT2D eigenvalue weighted by molar-refractivity contribution is 0.110. The lowest BCUT2D eigenvalue weighted by Gasteiger charge is -2.32. The summed E-state index contributed by atoms with van der Waals surface area (Å²) in [5.74, 6) is 0.552. The molecule has 160 valence electrons. The molecule has 3 rings (SSSR count). The molecule has 0 N–H and O–H groups in total. The van der Waals surface area contributed by atoms with Crippen LogP contribution >= 0.6 is 0 Å². The van der Waals surface area contributed by atoms with Crippen LogP contribution in [0.5, 0.6) is 0 Å². The van der Waals surface area contributed by atoms with E-state index in [1.807, 2.05) is 0 Å². The van der Waals surface area contributed by atoms with E-state index in [0.717, 1.165) is 26.0 Å². The number of benzene rings is 1. The van der Waals surface area contributed by atoms with Crippen LogP contribution in [0, 0.1) is 5.92 Å². The first kappa shape index (κ1) is 22.0. The van der Waals surface area contributed by atoms with Crippen molar-refractivity contribution in [1.29, 1.82) is 0 Å². The molecule has 1 aromatic carbocycles. The van der Waals surface area contributed by atoms with Gasteiger partial charge in [0.25, 0.3) is 0 Å². The predicted octanol–water partition coefficient (Wildman–Crippen LogP) is 5.07. The average molecular weight is 398 g/mol. The van der Waals surface area contributed by atoms with E-state index in [1.165, 1.54) is 75.1 Å². The smallest absolute Gasteiger partial charge is 0.118 e. The molecule has 0 bridgehead atoms. The summed E-state index contributed by atoms with van der Waals surface area (Å²) in [6.45, 7) is 8.81. The van der Waals surface area contributed by atoms with Crippen molar-refractivity contribution in [3.8, 4) is 0 Å². The molecule has 2 aliphatic rings. The molecule has 0 unspecified atom stereocenters. The Morgan fingerprint density at radius 3 is 2.66 bits per heavy atom. The summed E-state index contributed by atoms with van der Waals surface area (Å²) in [7, 11) is 2.20. The maximum atomic E-state index is 5.87. The van der Waals surface area contributed by atoms with Crippen LogP contribution in [0.4, 0.5) is 0 Å². The van der Waals surface area contributed by atoms with Crippen molar-refractivity contribution in [1.82, 2.24) is 9.80 Å². The summed E-state index contributed by atoms with van der Waals surface area (Å²) in [6, 6.07) is 10.6. The van der Waals surface area contributed by atoms with E-state index in [2.05, 4.69) is 60.2 Å². The number of nitrogens with zero attached hydrogens (tertiary/aromatic N) is 3. The zero-order chi connectivity index (χ0) is 20.3. The third-order valence-corrected chi connectivity index (χ3v) is 6.23. The van der Waals surface area contributed by atoms with Gasteiger partial charge in [-0.15, -0.1) is 0 Å². The number of allylic oxidation sites excluding steroid dienone is 1. The monoisotopic (exact) mass is 397 g/mol. The molecular weight excluding hydrogens is 358 g/mol. The van der Waals surface area contributed by atoms with Crippen molar-refractivity contribution in [3.63, 3.8) is 0 Å². The summed E-state index contributed by atoms with van der Waals surface area (Å²) in [5.41, 5.74) is 3.86. The number of oxime groups is 1. The van der Waals surface area contributed by atoms with E-state index in [4.69, 9.17) is 9.99 Å². The molecule has 1 heterocycles. The summed E-state index contributed by atoms with van der Waals surface area (Å²) in [4.78, 5) is 10.8. The normalized spacial score (nSPS) is 24.3. The number of likely N-dealkylation sites (N-methyl/N-ethyl adjacent to an activating group) is 1. The van der Waals surface area contributed by atoms with Crippen LogP contribution in [0.3, 0.4) is 0 Å². The van der Waals surface area contributed by atoms with Gasteiger partial charge in [0.05, 0.1) is 5.71 Å². The number of hydrogen-bond acceptors (Lipinski definition) is 4. The highest BCUT2D eigenvalue weighted by Crippen LogP contribution is 2.31. The van der Waals surface area contributed by atoms with Crippen LogP contribution in [-0.4, -0.2) is 61.9 Å². The van der Waals surface area contributed by atoms with Gasteiger partial charge in [-0.2, -0.15) is 0 Å². The Hall–Kier alpha value is -1.65. The topological polar surface area (TPSA) is 28.1 Å². The van der Waals surface area contributed by atoms with Crippen molar-refractivity contribution in [3.05, 3.63) is 41.5 Å². The highest BCUT2D eigenvalue weighted by Gasteiger charge is 2.25. The Bertz CT molecular complexity index is 647. The molecule has 0 spiro atoms. The molecule has 4 nitrogen and oxygen atoms in total. The van der Waals surface area contributed by atoms with Gasteiger partial charge in [0.1, 0.15) is 6.61 Å². The quantitative estimate of drug-likeness (QED) is 0.430. The summed E-state index contributed by atoms with van der Waals surface area (Å²) < 4.78 is 0. The van der Waals surface area contributed by atoms with E-state index in [-0.39, 0.29) is 0 Å². The first-order chi connectivity index (χ1) is 14.3. The van der Waals surface area contributed by atoms with Gasteiger partial charge in [0.15, 0.2) is 0 Å². The third kappa shape index (κ3) is 7.27. The molecule has 2 fully saturated rings. The zero-order valence-corrected chi connectivity index (χ0v) is 18.5. The number of rotatable bonds is 9. The molecule has 0 amide bonds. The molecule has 1 saturated heterocycles.